The smallest absolute Gasteiger partial charge is 0.353 e. The van der Waals surface area contributed by atoms with Crippen molar-refractivity contribution in [1.82, 2.24) is 4.98 Å². The fraction of sp³-hybridized carbons (Fsp3) is 0.118. The number of nitrogens with one attached hydrogen (secondary N) is 1. The first-order valence-electron chi connectivity index (χ1n) is 7.10. The van der Waals surface area contributed by atoms with Gasteiger partial charge in [0.05, 0.1) is 5.56 Å². The number of carbonyl (C=O) groups excluding carboxylic acids is 2. The van der Waals surface area contributed by atoms with Gasteiger partial charge in [-0.2, -0.15) is 0 Å². The molecule has 0 saturated carbocycles. The zero-order chi connectivity index (χ0) is 18.4. The Balaban J connectivity index is 2.15. The summed E-state index contributed by atoms with van der Waals surface area (Å²) in [7, 11) is 0. The minimum atomic E-state index is -0.513. The Hall–Kier alpha value is -2.62. The number of carbonyl (C=O) groups is 2. The number of aromatic nitrogens is 1. The molecule has 0 fully saturated rings. The predicted molar refractivity (Wildman–Crippen MR) is 98.9 cm³/mol. The van der Waals surface area contributed by atoms with Gasteiger partial charge >= 0.3 is 5.97 Å². The lowest BCUT2D eigenvalue weighted by atomic mass is 10.1. The molecular weight excluding hydrogens is 441 g/mol. The van der Waals surface area contributed by atoms with E-state index in [1.807, 2.05) is 0 Å². The number of pyridine rings is 1. The number of ether oxygens (including phenoxy) is 1. The van der Waals surface area contributed by atoms with E-state index in [1.165, 1.54) is 41.2 Å². The molecule has 8 heteroatoms. The number of allylic oxidation sites excluding steroid dienone is 1. The van der Waals surface area contributed by atoms with E-state index >= 15 is 0 Å². The maximum Gasteiger partial charge on any atom is 0.353 e. The van der Waals surface area contributed by atoms with Crippen LogP contribution in [0.5, 0.6) is 11.6 Å². The van der Waals surface area contributed by atoms with E-state index in [-0.39, 0.29) is 12.2 Å². The van der Waals surface area contributed by atoms with Crippen molar-refractivity contribution in [3.05, 3.63) is 63.5 Å². The molecule has 0 unspecified atom stereocenters. The van der Waals surface area contributed by atoms with Crippen LogP contribution in [-0.2, 0) is 7.86 Å². The molecule has 1 aromatic carbocycles. The van der Waals surface area contributed by atoms with Crippen molar-refractivity contribution < 1.29 is 22.5 Å². The molecule has 0 aliphatic rings. The van der Waals surface area contributed by atoms with E-state index < -0.39 is 23.2 Å². The van der Waals surface area contributed by atoms with Crippen LogP contribution in [0.25, 0.3) is 6.08 Å². The third-order valence-electron chi connectivity index (χ3n) is 3.19. The van der Waals surface area contributed by atoms with E-state index in [0.29, 0.717) is 16.9 Å². The fourth-order valence-electron chi connectivity index (χ4n) is 2.11. The van der Waals surface area contributed by atoms with Gasteiger partial charge in [-0.05, 0) is 36.3 Å². The molecule has 2 N–H and O–H groups in total. The topological polar surface area (TPSA) is 106 Å². The number of halogens is 1. The SMILES string of the molecule is Cc1cc(=O)[nH]c(O)c1C(=O)/C=C/c1cccc(OCC(=O)OI)c1. The van der Waals surface area contributed by atoms with Crippen LogP contribution in [0.15, 0.2) is 41.2 Å². The van der Waals surface area contributed by atoms with Gasteiger partial charge in [-0.15, -0.1) is 0 Å². The highest BCUT2D eigenvalue weighted by molar-refractivity contribution is 14.1. The first kappa shape index (κ1) is 18.7. The highest BCUT2D eigenvalue weighted by Gasteiger charge is 2.13. The molecule has 0 amide bonds. The van der Waals surface area contributed by atoms with Crippen molar-refractivity contribution in [2.24, 2.45) is 0 Å². The summed E-state index contributed by atoms with van der Waals surface area (Å²) in [6, 6.07) is 7.99. The number of hydrogen-bond acceptors (Lipinski definition) is 6. The molecule has 2 aromatic rings. The third kappa shape index (κ3) is 5.18. The Labute approximate surface area is 157 Å². The molecule has 0 radical (unpaired) electrons. The number of ketones is 1. The van der Waals surface area contributed by atoms with Gasteiger partial charge in [0.25, 0.3) is 5.56 Å². The van der Waals surface area contributed by atoms with Crippen LogP contribution in [0.3, 0.4) is 0 Å². The number of hydrogen-bond donors (Lipinski definition) is 2. The summed E-state index contributed by atoms with van der Waals surface area (Å²) in [5, 5.41) is 9.75. The van der Waals surface area contributed by atoms with Gasteiger partial charge in [0.15, 0.2) is 35.4 Å². The fourth-order valence-corrected chi connectivity index (χ4v) is 2.24. The van der Waals surface area contributed by atoms with Crippen LogP contribution in [0, 0.1) is 6.92 Å². The summed E-state index contributed by atoms with van der Waals surface area (Å²) in [6.07, 6.45) is 2.81. The highest BCUT2D eigenvalue weighted by Crippen LogP contribution is 2.19. The van der Waals surface area contributed by atoms with E-state index in [9.17, 15) is 19.5 Å². The van der Waals surface area contributed by atoms with Gasteiger partial charge in [0.1, 0.15) is 5.75 Å². The lowest BCUT2D eigenvalue weighted by Gasteiger charge is -2.05. The Morgan fingerprint density at radius 3 is 2.76 bits per heavy atom. The zero-order valence-corrected chi connectivity index (χ0v) is 15.3. The molecular formula is C17H14INO6. The van der Waals surface area contributed by atoms with Crippen LogP contribution in [0.1, 0.15) is 21.5 Å². The minimum Gasteiger partial charge on any atom is -0.494 e. The maximum atomic E-state index is 12.2. The largest absolute Gasteiger partial charge is 0.494 e. The molecule has 0 saturated heterocycles. The van der Waals surface area contributed by atoms with Crippen molar-refractivity contribution >= 4 is 40.8 Å². The normalized spacial score (nSPS) is 10.6. The molecule has 0 spiro atoms. The van der Waals surface area contributed by atoms with E-state index in [4.69, 9.17) is 4.74 Å². The Morgan fingerprint density at radius 1 is 1.32 bits per heavy atom. The molecule has 7 nitrogen and oxygen atoms in total. The highest BCUT2D eigenvalue weighted by atomic mass is 127. The first-order valence-corrected chi connectivity index (χ1v) is 7.98. The van der Waals surface area contributed by atoms with Crippen LogP contribution < -0.4 is 10.3 Å². The summed E-state index contributed by atoms with van der Waals surface area (Å²) in [4.78, 5) is 36.7. The lowest BCUT2D eigenvalue weighted by molar-refractivity contribution is -0.133. The van der Waals surface area contributed by atoms with Gasteiger partial charge in [-0.25, -0.2) is 4.79 Å². The molecule has 0 bridgehead atoms. The number of aromatic amines is 1. The summed E-state index contributed by atoms with van der Waals surface area (Å²) in [5.41, 5.74) is 0.596. The second kappa shape index (κ2) is 8.47. The van der Waals surface area contributed by atoms with E-state index in [2.05, 4.69) is 8.05 Å². The average molecular weight is 455 g/mol. The number of rotatable bonds is 6. The van der Waals surface area contributed by atoms with Crippen molar-refractivity contribution in [3.63, 3.8) is 0 Å². The molecule has 1 heterocycles. The Morgan fingerprint density at radius 2 is 2.08 bits per heavy atom. The second-order valence-electron chi connectivity index (χ2n) is 5.05. The van der Waals surface area contributed by atoms with Crippen molar-refractivity contribution in [1.29, 1.82) is 0 Å². The third-order valence-corrected chi connectivity index (χ3v) is 3.69. The van der Waals surface area contributed by atoms with Crippen LogP contribution in [0.4, 0.5) is 0 Å². The van der Waals surface area contributed by atoms with Gasteiger partial charge in [-0.1, -0.05) is 18.2 Å². The summed E-state index contributed by atoms with van der Waals surface area (Å²) in [6.45, 7) is 1.34. The van der Waals surface area contributed by atoms with Crippen LogP contribution >= 0.6 is 23.0 Å². The number of aromatic hydroxyl groups is 1. The molecule has 0 aliphatic carbocycles. The molecule has 1 aromatic heterocycles. The standard InChI is InChI=1S/C17H14INO6/c1-10-7-14(21)19-17(23)16(10)13(20)6-5-11-3-2-4-12(8-11)24-9-15(22)25-18/h2-8H,9H2,1H3,(H2,19,21,23)/b6-5+. The van der Waals surface area contributed by atoms with E-state index in [0.717, 1.165) is 0 Å². The summed E-state index contributed by atoms with van der Waals surface area (Å²) < 4.78 is 9.72. The molecule has 0 aliphatic heterocycles. The van der Waals surface area contributed by atoms with Gasteiger partial charge in [0, 0.05) is 6.07 Å². The molecule has 25 heavy (non-hydrogen) atoms. The Kier molecular flexibility index (Phi) is 6.34. The number of aryl methyl sites for hydroxylation is 1. The summed E-state index contributed by atoms with van der Waals surface area (Å²) >= 11 is 1.48. The van der Waals surface area contributed by atoms with Crippen LogP contribution in [-0.4, -0.2) is 28.4 Å². The lowest BCUT2D eigenvalue weighted by Crippen LogP contribution is -2.10. The average Bonchev–Trinajstić information content (AvgIpc) is 2.57. The Bertz CT molecular complexity index is 861. The minimum absolute atomic E-state index is 0.0352. The predicted octanol–water partition coefficient (Wildman–Crippen LogP) is 2.56. The first-order chi connectivity index (χ1) is 11.9. The van der Waals surface area contributed by atoms with Gasteiger partial charge < -0.3 is 12.9 Å². The number of benzene rings is 1. The van der Waals surface area contributed by atoms with Gasteiger partial charge in [-0.3, -0.25) is 14.6 Å². The molecule has 2 rings (SSSR count). The maximum absolute atomic E-state index is 12.2. The second-order valence-corrected chi connectivity index (χ2v) is 5.49. The van der Waals surface area contributed by atoms with Crippen molar-refractivity contribution in [3.8, 4) is 11.6 Å². The molecule has 130 valence electrons. The summed E-state index contributed by atoms with van der Waals surface area (Å²) in [5.74, 6) is -0.986. The van der Waals surface area contributed by atoms with Crippen LogP contribution in [0.2, 0.25) is 0 Å². The molecule has 0 atom stereocenters. The number of H-pyrrole nitrogens is 1. The van der Waals surface area contributed by atoms with Crippen molar-refractivity contribution in [2.75, 3.05) is 6.61 Å². The quantitative estimate of drug-likeness (QED) is 0.394. The zero-order valence-electron chi connectivity index (χ0n) is 13.1. The van der Waals surface area contributed by atoms with Gasteiger partial charge in [0.2, 0.25) is 5.88 Å². The van der Waals surface area contributed by atoms with E-state index in [1.54, 1.807) is 31.2 Å². The van der Waals surface area contributed by atoms with Crippen molar-refractivity contribution in [2.45, 2.75) is 6.92 Å². The monoisotopic (exact) mass is 455 g/mol.